The Hall–Kier alpha value is -3.03. The number of aromatic amines is 1. The van der Waals surface area contributed by atoms with Gasteiger partial charge in [-0.05, 0) is 25.1 Å². The Kier molecular flexibility index (Phi) is 5.19. The van der Waals surface area contributed by atoms with E-state index in [0.29, 0.717) is 22.8 Å². The molecular formula is C15H18N4O4. The zero-order chi connectivity index (χ0) is 16.8. The number of hydrazone groups is 1. The molecule has 2 aromatic rings. The zero-order valence-electron chi connectivity index (χ0n) is 13.3. The molecule has 0 saturated carbocycles. The molecule has 0 aliphatic heterocycles. The van der Waals surface area contributed by atoms with Crippen molar-refractivity contribution < 1.29 is 19.0 Å². The molecule has 1 aromatic heterocycles. The van der Waals surface area contributed by atoms with E-state index in [1.54, 1.807) is 18.2 Å². The van der Waals surface area contributed by atoms with Crippen LogP contribution in [0.5, 0.6) is 17.2 Å². The molecule has 0 aliphatic carbocycles. The Morgan fingerprint density at radius 1 is 1.22 bits per heavy atom. The second-order valence-corrected chi connectivity index (χ2v) is 4.56. The molecule has 1 amide bonds. The van der Waals surface area contributed by atoms with Crippen LogP contribution in [-0.4, -0.2) is 43.6 Å². The SMILES string of the molecule is COc1ccc(C=NNC(=O)c2cc(C)[nH]n2)c(OC)c1OC. The molecule has 8 heteroatoms. The normalized spacial score (nSPS) is 10.6. The highest BCUT2D eigenvalue weighted by Crippen LogP contribution is 2.38. The molecule has 122 valence electrons. The lowest BCUT2D eigenvalue weighted by Gasteiger charge is -2.13. The van der Waals surface area contributed by atoms with Gasteiger partial charge in [0.15, 0.2) is 17.2 Å². The number of carbonyl (C=O) groups excluding carboxylic acids is 1. The van der Waals surface area contributed by atoms with Crippen LogP contribution in [0.1, 0.15) is 21.7 Å². The minimum Gasteiger partial charge on any atom is -0.493 e. The first kappa shape index (κ1) is 16.3. The van der Waals surface area contributed by atoms with Crippen molar-refractivity contribution in [1.82, 2.24) is 15.6 Å². The third kappa shape index (κ3) is 3.60. The largest absolute Gasteiger partial charge is 0.493 e. The van der Waals surface area contributed by atoms with Crippen LogP contribution in [0.15, 0.2) is 23.3 Å². The van der Waals surface area contributed by atoms with Gasteiger partial charge in [0.2, 0.25) is 5.75 Å². The van der Waals surface area contributed by atoms with Crippen LogP contribution in [-0.2, 0) is 0 Å². The lowest BCUT2D eigenvalue weighted by molar-refractivity contribution is 0.0950. The fraction of sp³-hybridized carbons (Fsp3) is 0.267. The van der Waals surface area contributed by atoms with Crippen LogP contribution in [0.4, 0.5) is 0 Å². The van der Waals surface area contributed by atoms with E-state index >= 15 is 0 Å². The van der Waals surface area contributed by atoms with E-state index in [9.17, 15) is 4.79 Å². The Labute approximate surface area is 133 Å². The lowest BCUT2D eigenvalue weighted by atomic mass is 10.2. The number of amides is 1. The number of hydrogen-bond donors (Lipinski definition) is 2. The molecule has 0 bridgehead atoms. The molecule has 0 atom stereocenters. The minimum absolute atomic E-state index is 0.263. The number of benzene rings is 1. The van der Waals surface area contributed by atoms with E-state index in [0.717, 1.165) is 5.69 Å². The number of rotatable bonds is 6. The molecule has 0 radical (unpaired) electrons. The molecule has 0 unspecified atom stereocenters. The molecular weight excluding hydrogens is 300 g/mol. The predicted molar refractivity (Wildman–Crippen MR) is 84.5 cm³/mol. The quantitative estimate of drug-likeness (QED) is 0.621. The van der Waals surface area contributed by atoms with Crippen molar-refractivity contribution in [1.29, 1.82) is 0 Å². The fourth-order valence-electron chi connectivity index (χ4n) is 1.98. The number of aromatic nitrogens is 2. The number of nitrogens with one attached hydrogen (secondary N) is 2. The maximum absolute atomic E-state index is 11.8. The Morgan fingerprint density at radius 3 is 2.52 bits per heavy atom. The van der Waals surface area contributed by atoms with Gasteiger partial charge in [-0.15, -0.1) is 0 Å². The minimum atomic E-state index is -0.412. The maximum atomic E-state index is 11.8. The average Bonchev–Trinajstić information content (AvgIpc) is 3.00. The van der Waals surface area contributed by atoms with Crippen molar-refractivity contribution in [3.63, 3.8) is 0 Å². The molecule has 0 fully saturated rings. The standard InChI is InChI=1S/C15H18N4O4/c1-9-7-11(18-17-9)15(20)19-16-8-10-5-6-12(21-2)14(23-4)13(10)22-3/h5-8H,1-4H3,(H,17,18)(H,19,20). The van der Waals surface area contributed by atoms with Crippen molar-refractivity contribution in [2.75, 3.05) is 21.3 Å². The van der Waals surface area contributed by atoms with Crippen LogP contribution in [0.3, 0.4) is 0 Å². The van der Waals surface area contributed by atoms with Gasteiger partial charge >= 0.3 is 0 Å². The molecule has 0 spiro atoms. The third-order valence-corrected chi connectivity index (χ3v) is 3.04. The van der Waals surface area contributed by atoms with E-state index in [4.69, 9.17) is 14.2 Å². The highest BCUT2D eigenvalue weighted by atomic mass is 16.5. The summed E-state index contributed by atoms with van der Waals surface area (Å²) in [6, 6.07) is 5.10. The molecule has 2 rings (SSSR count). The summed E-state index contributed by atoms with van der Waals surface area (Å²) in [6.45, 7) is 1.81. The van der Waals surface area contributed by atoms with E-state index in [-0.39, 0.29) is 5.69 Å². The van der Waals surface area contributed by atoms with Crippen molar-refractivity contribution >= 4 is 12.1 Å². The average molecular weight is 318 g/mol. The van der Waals surface area contributed by atoms with E-state index in [1.807, 2.05) is 6.92 Å². The Morgan fingerprint density at radius 2 is 1.96 bits per heavy atom. The van der Waals surface area contributed by atoms with Gasteiger partial charge in [0.25, 0.3) is 5.91 Å². The monoisotopic (exact) mass is 318 g/mol. The summed E-state index contributed by atoms with van der Waals surface area (Å²) in [5.74, 6) is 1.04. The van der Waals surface area contributed by atoms with Crippen LogP contribution in [0, 0.1) is 6.92 Å². The predicted octanol–water partition coefficient (Wildman–Crippen LogP) is 1.51. The summed E-state index contributed by atoms with van der Waals surface area (Å²) in [6.07, 6.45) is 1.46. The van der Waals surface area contributed by atoms with Gasteiger partial charge < -0.3 is 14.2 Å². The summed E-state index contributed by atoms with van der Waals surface area (Å²) in [5, 5.41) is 10.5. The van der Waals surface area contributed by atoms with Crippen molar-refractivity contribution in [3.8, 4) is 17.2 Å². The molecule has 0 aliphatic rings. The van der Waals surface area contributed by atoms with Crippen molar-refractivity contribution in [2.45, 2.75) is 6.92 Å². The zero-order valence-corrected chi connectivity index (χ0v) is 13.3. The molecule has 0 saturated heterocycles. The second kappa shape index (κ2) is 7.30. The van der Waals surface area contributed by atoms with Crippen molar-refractivity contribution in [2.24, 2.45) is 5.10 Å². The topological polar surface area (TPSA) is 97.8 Å². The number of carbonyl (C=O) groups is 1. The third-order valence-electron chi connectivity index (χ3n) is 3.04. The van der Waals surface area contributed by atoms with Crippen LogP contribution < -0.4 is 19.6 Å². The lowest BCUT2D eigenvalue weighted by Crippen LogP contribution is -2.18. The summed E-state index contributed by atoms with van der Waals surface area (Å²) in [4.78, 5) is 11.8. The second-order valence-electron chi connectivity index (χ2n) is 4.56. The summed E-state index contributed by atoms with van der Waals surface area (Å²) in [7, 11) is 4.57. The number of nitrogens with zero attached hydrogens (tertiary/aromatic N) is 2. The van der Waals surface area contributed by atoms with Crippen molar-refractivity contribution in [3.05, 3.63) is 35.2 Å². The molecule has 1 aromatic carbocycles. The highest BCUT2D eigenvalue weighted by Gasteiger charge is 2.14. The molecule has 8 nitrogen and oxygen atoms in total. The van der Waals surface area contributed by atoms with Gasteiger partial charge in [-0.25, -0.2) is 5.43 Å². The molecule has 1 heterocycles. The number of aryl methyl sites for hydroxylation is 1. The van der Waals surface area contributed by atoms with Crippen LogP contribution in [0.2, 0.25) is 0 Å². The van der Waals surface area contributed by atoms with E-state index in [1.165, 1.54) is 27.5 Å². The van der Waals surface area contributed by atoms with Crippen LogP contribution in [0.25, 0.3) is 0 Å². The maximum Gasteiger partial charge on any atom is 0.291 e. The number of hydrogen-bond acceptors (Lipinski definition) is 6. The first-order chi connectivity index (χ1) is 11.1. The Balaban J connectivity index is 2.17. The highest BCUT2D eigenvalue weighted by molar-refractivity contribution is 5.93. The number of ether oxygens (including phenoxy) is 3. The van der Waals surface area contributed by atoms with Crippen LogP contribution >= 0.6 is 0 Å². The first-order valence-electron chi connectivity index (χ1n) is 6.75. The van der Waals surface area contributed by atoms with E-state index in [2.05, 4.69) is 20.7 Å². The molecule has 23 heavy (non-hydrogen) atoms. The van der Waals surface area contributed by atoms with Gasteiger partial charge in [0.1, 0.15) is 0 Å². The molecule has 2 N–H and O–H groups in total. The summed E-state index contributed by atoms with van der Waals surface area (Å²) in [5.41, 5.74) is 4.08. The van der Waals surface area contributed by atoms with Gasteiger partial charge in [-0.1, -0.05) is 0 Å². The fourth-order valence-corrected chi connectivity index (χ4v) is 1.98. The number of H-pyrrole nitrogens is 1. The summed E-state index contributed by atoms with van der Waals surface area (Å²) < 4.78 is 15.8. The van der Waals surface area contributed by atoms with E-state index < -0.39 is 5.91 Å². The van der Waals surface area contributed by atoms with Gasteiger partial charge in [0.05, 0.1) is 27.5 Å². The van der Waals surface area contributed by atoms with Gasteiger partial charge in [0, 0.05) is 11.3 Å². The Bertz CT molecular complexity index is 724. The first-order valence-corrected chi connectivity index (χ1v) is 6.75. The summed E-state index contributed by atoms with van der Waals surface area (Å²) >= 11 is 0. The van der Waals surface area contributed by atoms with Gasteiger partial charge in [-0.2, -0.15) is 10.2 Å². The number of methoxy groups -OCH3 is 3. The smallest absolute Gasteiger partial charge is 0.291 e. The van der Waals surface area contributed by atoms with Gasteiger partial charge in [-0.3, -0.25) is 9.89 Å².